The van der Waals surface area contributed by atoms with Gasteiger partial charge in [0.25, 0.3) is 5.91 Å². The minimum absolute atomic E-state index is 0.0220. The number of likely N-dealkylation sites (N-methyl/N-ethyl adjacent to an activating group) is 1. The van der Waals surface area contributed by atoms with Crippen LogP contribution in [0.25, 0.3) is 0 Å². The van der Waals surface area contributed by atoms with Crippen LogP contribution in [-0.4, -0.2) is 37.1 Å². The van der Waals surface area contributed by atoms with Crippen molar-refractivity contribution in [2.45, 2.75) is 25.8 Å². The van der Waals surface area contributed by atoms with Crippen molar-refractivity contribution in [3.8, 4) is 0 Å². The zero-order valence-corrected chi connectivity index (χ0v) is 8.21. The van der Waals surface area contributed by atoms with Gasteiger partial charge in [-0.25, -0.2) is 0 Å². The molecule has 0 aromatic heterocycles. The van der Waals surface area contributed by atoms with Crippen LogP contribution in [0.15, 0.2) is 0 Å². The van der Waals surface area contributed by atoms with Gasteiger partial charge in [-0.15, -0.1) is 0 Å². The summed E-state index contributed by atoms with van der Waals surface area (Å²) in [6, 6.07) is 0.0220. The van der Waals surface area contributed by atoms with Gasteiger partial charge in [-0.3, -0.25) is 4.79 Å². The Kier molecular flexibility index (Phi) is 2.42. The van der Waals surface area contributed by atoms with Crippen LogP contribution >= 0.6 is 0 Å². The summed E-state index contributed by atoms with van der Waals surface area (Å²) >= 11 is 0. The molecule has 12 heavy (non-hydrogen) atoms. The van der Waals surface area contributed by atoms with Gasteiger partial charge in [0.15, 0.2) is 6.04 Å². The lowest BCUT2D eigenvalue weighted by Gasteiger charge is -2.41. The molecule has 1 aliphatic heterocycles. The second-order valence-electron chi connectivity index (χ2n) is 4.55. The van der Waals surface area contributed by atoms with Crippen molar-refractivity contribution in [3.63, 3.8) is 0 Å². The van der Waals surface area contributed by atoms with Gasteiger partial charge in [0.2, 0.25) is 0 Å². The number of carbonyl (C=O) groups is 1. The van der Waals surface area contributed by atoms with Crippen molar-refractivity contribution in [1.82, 2.24) is 0 Å². The predicted octanol–water partition coefficient (Wildman–Crippen LogP) is 0.347. The first-order chi connectivity index (χ1) is 5.43. The molecule has 1 aliphatic rings. The molecular formula is C9H19N2O+. The lowest BCUT2D eigenvalue weighted by molar-refractivity contribution is -0.911. The van der Waals surface area contributed by atoms with E-state index in [1.165, 1.54) is 6.42 Å². The van der Waals surface area contributed by atoms with Gasteiger partial charge in [-0.05, 0) is 12.3 Å². The molecule has 3 nitrogen and oxygen atoms in total. The SMILES string of the molecule is CC1CC[N+](C)(C)C(C(N)=O)C1. The molecule has 1 heterocycles. The minimum Gasteiger partial charge on any atom is -0.365 e. The topological polar surface area (TPSA) is 43.1 Å². The van der Waals surface area contributed by atoms with Gasteiger partial charge in [0, 0.05) is 6.42 Å². The van der Waals surface area contributed by atoms with Crippen LogP contribution in [0, 0.1) is 5.92 Å². The standard InChI is InChI=1S/C9H18N2O/c1-7-4-5-11(2,3)8(6-7)9(10)12/h7-8H,4-6H2,1-3H3,(H-,10,12)/p+1. The Bertz CT molecular complexity index is 189. The van der Waals surface area contributed by atoms with Crippen molar-refractivity contribution in [1.29, 1.82) is 0 Å². The number of hydrogen-bond donors (Lipinski definition) is 1. The van der Waals surface area contributed by atoms with Gasteiger partial charge < -0.3 is 10.2 Å². The summed E-state index contributed by atoms with van der Waals surface area (Å²) in [5.74, 6) is 0.500. The van der Waals surface area contributed by atoms with Crippen molar-refractivity contribution < 1.29 is 9.28 Å². The maximum Gasteiger partial charge on any atom is 0.275 e. The summed E-state index contributed by atoms with van der Waals surface area (Å²) < 4.78 is 0.764. The Morgan fingerprint density at radius 2 is 2.08 bits per heavy atom. The van der Waals surface area contributed by atoms with E-state index in [4.69, 9.17) is 5.73 Å². The van der Waals surface area contributed by atoms with Gasteiger partial charge in [-0.2, -0.15) is 0 Å². The molecule has 1 saturated heterocycles. The zero-order valence-electron chi connectivity index (χ0n) is 8.21. The van der Waals surface area contributed by atoms with E-state index in [1.807, 2.05) is 0 Å². The Balaban J connectivity index is 2.72. The van der Waals surface area contributed by atoms with Crippen LogP contribution in [0.3, 0.4) is 0 Å². The van der Waals surface area contributed by atoms with Crippen LogP contribution in [0.1, 0.15) is 19.8 Å². The van der Waals surface area contributed by atoms with Crippen LogP contribution in [0.4, 0.5) is 0 Å². The van der Waals surface area contributed by atoms with E-state index in [0.29, 0.717) is 5.92 Å². The van der Waals surface area contributed by atoms with Gasteiger partial charge in [0.1, 0.15) is 0 Å². The first-order valence-electron chi connectivity index (χ1n) is 4.55. The first-order valence-corrected chi connectivity index (χ1v) is 4.55. The first kappa shape index (κ1) is 9.52. The molecule has 0 saturated carbocycles. The molecule has 1 rings (SSSR count). The van der Waals surface area contributed by atoms with Gasteiger partial charge >= 0.3 is 0 Å². The highest BCUT2D eigenvalue weighted by Gasteiger charge is 2.38. The van der Waals surface area contributed by atoms with Crippen molar-refractivity contribution in [2.75, 3.05) is 20.6 Å². The lowest BCUT2D eigenvalue weighted by atomic mass is 9.91. The highest BCUT2D eigenvalue weighted by atomic mass is 16.1. The van der Waals surface area contributed by atoms with E-state index >= 15 is 0 Å². The summed E-state index contributed by atoms with van der Waals surface area (Å²) in [6.07, 6.45) is 2.15. The Labute approximate surface area is 74.1 Å². The predicted molar refractivity (Wildman–Crippen MR) is 48.4 cm³/mol. The van der Waals surface area contributed by atoms with Crippen LogP contribution < -0.4 is 5.73 Å². The molecule has 0 aromatic carbocycles. The molecule has 2 atom stereocenters. The summed E-state index contributed by atoms with van der Waals surface area (Å²) in [5.41, 5.74) is 5.35. The highest BCUT2D eigenvalue weighted by Crippen LogP contribution is 2.25. The summed E-state index contributed by atoms with van der Waals surface area (Å²) in [5, 5.41) is 0. The Hall–Kier alpha value is -0.570. The van der Waals surface area contributed by atoms with E-state index in [0.717, 1.165) is 17.4 Å². The number of primary amides is 1. The Morgan fingerprint density at radius 1 is 1.50 bits per heavy atom. The third-order valence-corrected chi connectivity index (χ3v) is 3.00. The maximum atomic E-state index is 11.1. The second-order valence-corrected chi connectivity index (χ2v) is 4.55. The molecule has 0 aromatic rings. The molecule has 3 heteroatoms. The largest absolute Gasteiger partial charge is 0.365 e. The fraction of sp³-hybridized carbons (Fsp3) is 0.889. The molecule has 2 N–H and O–H groups in total. The number of piperidine rings is 1. The number of hydrogen-bond acceptors (Lipinski definition) is 1. The number of rotatable bonds is 1. The highest BCUT2D eigenvalue weighted by molar-refractivity contribution is 5.78. The molecule has 1 fully saturated rings. The van der Waals surface area contributed by atoms with Crippen LogP contribution in [-0.2, 0) is 4.79 Å². The molecule has 0 spiro atoms. The van der Waals surface area contributed by atoms with E-state index in [9.17, 15) is 4.79 Å². The normalized spacial score (nSPS) is 34.6. The van der Waals surface area contributed by atoms with Gasteiger partial charge in [-0.1, -0.05) is 6.92 Å². The van der Waals surface area contributed by atoms with Crippen molar-refractivity contribution in [2.24, 2.45) is 11.7 Å². The zero-order chi connectivity index (χ0) is 9.35. The Morgan fingerprint density at radius 3 is 2.50 bits per heavy atom. The summed E-state index contributed by atoms with van der Waals surface area (Å²) in [7, 11) is 4.17. The third kappa shape index (κ3) is 1.78. The van der Waals surface area contributed by atoms with E-state index < -0.39 is 0 Å². The minimum atomic E-state index is -0.147. The second kappa shape index (κ2) is 3.05. The third-order valence-electron chi connectivity index (χ3n) is 3.00. The van der Waals surface area contributed by atoms with E-state index in [-0.39, 0.29) is 11.9 Å². The molecule has 0 radical (unpaired) electrons. The van der Waals surface area contributed by atoms with E-state index in [1.54, 1.807) is 0 Å². The smallest absolute Gasteiger partial charge is 0.275 e. The fourth-order valence-electron chi connectivity index (χ4n) is 1.95. The number of nitrogens with zero attached hydrogens (tertiary/aromatic N) is 1. The van der Waals surface area contributed by atoms with Crippen molar-refractivity contribution in [3.05, 3.63) is 0 Å². The lowest BCUT2D eigenvalue weighted by Crippen LogP contribution is -2.58. The van der Waals surface area contributed by atoms with E-state index in [2.05, 4.69) is 21.0 Å². The molecule has 0 aliphatic carbocycles. The quantitative estimate of drug-likeness (QED) is 0.568. The number of carbonyl (C=O) groups excluding carboxylic acids is 1. The van der Waals surface area contributed by atoms with Crippen LogP contribution in [0.2, 0.25) is 0 Å². The maximum absolute atomic E-state index is 11.1. The number of nitrogens with two attached hydrogens (primary N) is 1. The molecule has 70 valence electrons. The molecule has 2 unspecified atom stereocenters. The number of likely N-dealkylation sites (tertiary alicyclic amines) is 1. The molecular weight excluding hydrogens is 152 g/mol. The van der Waals surface area contributed by atoms with Crippen LogP contribution in [0.5, 0.6) is 0 Å². The summed E-state index contributed by atoms with van der Waals surface area (Å²) in [4.78, 5) is 11.1. The average molecular weight is 171 g/mol. The molecule has 0 bridgehead atoms. The average Bonchev–Trinajstić information content (AvgIpc) is 1.94. The van der Waals surface area contributed by atoms with Crippen molar-refractivity contribution >= 4 is 5.91 Å². The monoisotopic (exact) mass is 171 g/mol. The number of amides is 1. The van der Waals surface area contributed by atoms with Gasteiger partial charge in [0.05, 0.1) is 20.6 Å². The number of quaternary nitrogens is 1. The summed E-state index contributed by atoms with van der Waals surface area (Å²) in [6.45, 7) is 3.25. The molecule has 1 amide bonds. The fourth-order valence-corrected chi connectivity index (χ4v) is 1.95.